The second kappa shape index (κ2) is 3.58. The number of rotatable bonds is 1. The largest absolute Gasteiger partial charge is 0.0917 e. The van der Waals surface area contributed by atoms with Crippen molar-refractivity contribution in [1.29, 1.82) is 0 Å². The van der Waals surface area contributed by atoms with E-state index in [1.54, 1.807) is 0 Å². The van der Waals surface area contributed by atoms with Crippen molar-refractivity contribution in [2.75, 3.05) is 0 Å². The van der Waals surface area contributed by atoms with Crippen LogP contribution in [0.3, 0.4) is 0 Å². The summed E-state index contributed by atoms with van der Waals surface area (Å²) in [5, 5.41) is 0. The Bertz CT molecular complexity index is 273. The zero-order chi connectivity index (χ0) is 10.1. The zero-order valence-corrected chi connectivity index (χ0v) is 9.49. The predicted molar refractivity (Wildman–Crippen MR) is 58.3 cm³/mol. The monoisotopic (exact) mass is 176 g/mol. The molecule has 0 aliphatic heterocycles. The molecular weight excluding hydrogens is 156 g/mol. The molecule has 1 fully saturated rings. The van der Waals surface area contributed by atoms with Crippen LogP contribution in [-0.4, -0.2) is 0 Å². The summed E-state index contributed by atoms with van der Waals surface area (Å²) in [6.45, 7) is 11.0. The van der Waals surface area contributed by atoms with Crippen molar-refractivity contribution in [3.8, 4) is 11.8 Å². The van der Waals surface area contributed by atoms with Crippen molar-refractivity contribution in [3.63, 3.8) is 0 Å². The molecule has 13 heavy (non-hydrogen) atoms. The fourth-order valence-corrected chi connectivity index (χ4v) is 1.38. The van der Waals surface area contributed by atoms with E-state index in [1.165, 1.54) is 24.0 Å². The van der Waals surface area contributed by atoms with Gasteiger partial charge in [0.25, 0.3) is 0 Å². The van der Waals surface area contributed by atoms with E-state index in [4.69, 9.17) is 0 Å². The van der Waals surface area contributed by atoms with Gasteiger partial charge in [0, 0.05) is 11.0 Å². The van der Waals surface area contributed by atoms with Gasteiger partial charge in [-0.2, -0.15) is 0 Å². The Labute approximate surface area is 82.4 Å². The Balaban J connectivity index is 2.78. The van der Waals surface area contributed by atoms with Crippen molar-refractivity contribution in [1.82, 2.24) is 0 Å². The van der Waals surface area contributed by atoms with Gasteiger partial charge in [0.05, 0.1) is 0 Å². The molecule has 0 saturated heterocycles. The highest BCUT2D eigenvalue weighted by molar-refractivity contribution is 5.36. The summed E-state index contributed by atoms with van der Waals surface area (Å²) in [5.41, 5.74) is 3.05. The molecule has 0 heterocycles. The van der Waals surface area contributed by atoms with Gasteiger partial charge in [-0.1, -0.05) is 31.3 Å². The molecule has 1 aliphatic carbocycles. The van der Waals surface area contributed by atoms with Gasteiger partial charge in [-0.05, 0) is 39.5 Å². The van der Waals surface area contributed by atoms with Crippen LogP contribution in [0.5, 0.6) is 0 Å². The molecule has 72 valence electrons. The highest BCUT2D eigenvalue weighted by Crippen LogP contribution is 2.44. The van der Waals surface area contributed by atoms with Gasteiger partial charge in [-0.15, -0.1) is 0 Å². The number of allylic oxidation sites excluding steroid dienone is 2. The van der Waals surface area contributed by atoms with Crippen molar-refractivity contribution in [3.05, 3.63) is 11.1 Å². The van der Waals surface area contributed by atoms with Crippen molar-refractivity contribution in [2.24, 2.45) is 11.3 Å². The second-order valence-corrected chi connectivity index (χ2v) is 4.88. The lowest BCUT2D eigenvalue weighted by Crippen LogP contribution is -1.95. The van der Waals surface area contributed by atoms with E-state index in [0.717, 1.165) is 0 Å². The molecular formula is C13H20. The van der Waals surface area contributed by atoms with Gasteiger partial charge in [0.1, 0.15) is 0 Å². The van der Waals surface area contributed by atoms with E-state index in [-0.39, 0.29) is 0 Å². The van der Waals surface area contributed by atoms with Gasteiger partial charge in [0.2, 0.25) is 0 Å². The molecule has 1 saturated carbocycles. The van der Waals surface area contributed by atoms with E-state index < -0.39 is 0 Å². The lowest BCUT2D eigenvalue weighted by Gasteiger charge is -2.06. The summed E-state index contributed by atoms with van der Waals surface area (Å²) in [6.07, 6.45) is 2.57. The molecule has 0 atom stereocenters. The molecule has 0 nitrogen and oxygen atoms in total. The first-order valence-corrected chi connectivity index (χ1v) is 5.15. The molecule has 0 aromatic heterocycles. The Morgan fingerprint density at radius 2 is 1.77 bits per heavy atom. The maximum absolute atomic E-state index is 3.39. The molecule has 0 spiro atoms. The SMILES string of the molecule is CC(C)=C(C#CC1(C)CC1)C(C)C. The lowest BCUT2D eigenvalue weighted by atomic mass is 9.98. The summed E-state index contributed by atoms with van der Waals surface area (Å²) >= 11 is 0. The summed E-state index contributed by atoms with van der Waals surface area (Å²) in [4.78, 5) is 0. The number of hydrogen-bond donors (Lipinski definition) is 0. The minimum atomic E-state index is 0.357. The predicted octanol–water partition coefficient (Wildman–Crippen LogP) is 3.78. The Morgan fingerprint density at radius 3 is 2.08 bits per heavy atom. The summed E-state index contributed by atoms with van der Waals surface area (Å²) in [6, 6.07) is 0. The normalized spacial score (nSPS) is 17.7. The first-order valence-electron chi connectivity index (χ1n) is 5.15. The van der Waals surface area contributed by atoms with Crippen LogP contribution in [0.25, 0.3) is 0 Å². The molecule has 0 N–H and O–H groups in total. The smallest absolute Gasteiger partial charge is 0.0291 e. The summed E-state index contributed by atoms with van der Waals surface area (Å²) in [5.74, 6) is 7.31. The van der Waals surface area contributed by atoms with E-state index >= 15 is 0 Å². The van der Waals surface area contributed by atoms with E-state index in [2.05, 4.69) is 46.5 Å². The molecule has 0 heteroatoms. The second-order valence-electron chi connectivity index (χ2n) is 4.88. The van der Waals surface area contributed by atoms with Crippen LogP contribution in [0.1, 0.15) is 47.5 Å². The van der Waals surface area contributed by atoms with Gasteiger partial charge >= 0.3 is 0 Å². The molecule has 0 amide bonds. The van der Waals surface area contributed by atoms with Crippen LogP contribution < -0.4 is 0 Å². The van der Waals surface area contributed by atoms with Crippen LogP contribution in [0.15, 0.2) is 11.1 Å². The first-order chi connectivity index (χ1) is 5.94. The molecule has 1 rings (SSSR count). The van der Waals surface area contributed by atoms with Gasteiger partial charge in [-0.3, -0.25) is 0 Å². The van der Waals surface area contributed by atoms with Crippen LogP contribution in [-0.2, 0) is 0 Å². The van der Waals surface area contributed by atoms with Crippen LogP contribution >= 0.6 is 0 Å². The van der Waals surface area contributed by atoms with Gasteiger partial charge in [0.15, 0.2) is 0 Å². The van der Waals surface area contributed by atoms with Crippen LogP contribution in [0.2, 0.25) is 0 Å². The quantitative estimate of drug-likeness (QED) is 0.533. The maximum atomic E-state index is 3.39. The van der Waals surface area contributed by atoms with Crippen molar-refractivity contribution >= 4 is 0 Å². The average molecular weight is 176 g/mol. The van der Waals surface area contributed by atoms with Gasteiger partial charge in [-0.25, -0.2) is 0 Å². The molecule has 0 radical (unpaired) electrons. The minimum absolute atomic E-state index is 0.357. The number of hydrogen-bond acceptors (Lipinski definition) is 0. The third-order valence-electron chi connectivity index (χ3n) is 2.61. The Hall–Kier alpha value is -0.700. The fraction of sp³-hybridized carbons (Fsp3) is 0.692. The molecule has 0 aromatic rings. The Kier molecular flexibility index (Phi) is 2.86. The lowest BCUT2D eigenvalue weighted by molar-refractivity contribution is 0.769. The molecule has 0 unspecified atom stereocenters. The van der Waals surface area contributed by atoms with Crippen molar-refractivity contribution < 1.29 is 0 Å². The van der Waals surface area contributed by atoms with E-state index in [0.29, 0.717) is 11.3 Å². The highest BCUT2D eigenvalue weighted by atomic mass is 14.4. The van der Waals surface area contributed by atoms with Crippen LogP contribution in [0, 0.1) is 23.2 Å². The van der Waals surface area contributed by atoms with E-state index in [1.807, 2.05) is 0 Å². The fourth-order valence-electron chi connectivity index (χ4n) is 1.38. The maximum Gasteiger partial charge on any atom is 0.0291 e. The van der Waals surface area contributed by atoms with Gasteiger partial charge < -0.3 is 0 Å². The van der Waals surface area contributed by atoms with Crippen LogP contribution in [0.4, 0.5) is 0 Å². The van der Waals surface area contributed by atoms with Crippen molar-refractivity contribution in [2.45, 2.75) is 47.5 Å². The topological polar surface area (TPSA) is 0 Å². The standard InChI is InChI=1S/C13H20/c1-10(2)12(11(3)4)6-7-13(5)8-9-13/h10H,8-9H2,1-5H3. The molecule has 0 aromatic carbocycles. The molecule has 0 bridgehead atoms. The highest BCUT2D eigenvalue weighted by Gasteiger charge is 2.35. The summed E-state index contributed by atoms with van der Waals surface area (Å²) in [7, 11) is 0. The molecule has 1 aliphatic rings. The Morgan fingerprint density at radius 1 is 1.23 bits per heavy atom. The minimum Gasteiger partial charge on any atom is -0.0917 e. The average Bonchev–Trinajstić information content (AvgIpc) is 2.67. The summed E-state index contributed by atoms with van der Waals surface area (Å²) < 4.78 is 0. The zero-order valence-electron chi connectivity index (χ0n) is 9.49. The first kappa shape index (κ1) is 10.4. The van der Waals surface area contributed by atoms with E-state index in [9.17, 15) is 0 Å². The third-order valence-corrected chi connectivity index (χ3v) is 2.61. The third kappa shape index (κ3) is 2.92.